The van der Waals surface area contributed by atoms with E-state index in [-0.39, 0.29) is 0 Å². The fourth-order valence-corrected chi connectivity index (χ4v) is 3.10. The smallest absolute Gasteiger partial charge is 0.227 e. The molecule has 2 aromatic carbocycles. The van der Waals surface area contributed by atoms with E-state index in [0.717, 1.165) is 34.1 Å². The Bertz CT molecular complexity index is 1200. The average molecular weight is 395 g/mol. The van der Waals surface area contributed by atoms with Crippen LogP contribution in [0.1, 0.15) is 16.7 Å². The highest BCUT2D eigenvalue weighted by molar-refractivity contribution is 5.83. The minimum Gasteiger partial charge on any atom is -0.487 e. The van der Waals surface area contributed by atoms with Gasteiger partial charge in [-0.1, -0.05) is 24.1 Å². The molecule has 2 aromatic heterocycles. The number of benzene rings is 2. The Hall–Kier alpha value is -3.95. The van der Waals surface area contributed by atoms with Crippen LogP contribution in [0, 0.1) is 12.3 Å². The zero-order valence-electron chi connectivity index (χ0n) is 16.4. The van der Waals surface area contributed by atoms with Crippen LogP contribution in [-0.4, -0.2) is 21.5 Å². The van der Waals surface area contributed by atoms with Gasteiger partial charge in [0.25, 0.3) is 0 Å². The fourth-order valence-electron chi connectivity index (χ4n) is 3.10. The van der Waals surface area contributed by atoms with Gasteiger partial charge in [0.05, 0.1) is 11.1 Å². The molecule has 0 fully saturated rings. The first-order valence-corrected chi connectivity index (χ1v) is 9.60. The van der Waals surface area contributed by atoms with Gasteiger partial charge in [-0.25, -0.2) is 9.97 Å². The van der Waals surface area contributed by atoms with Crippen LogP contribution < -0.4 is 15.8 Å². The molecule has 4 rings (SSSR count). The molecule has 2 heterocycles. The van der Waals surface area contributed by atoms with Crippen molar-refractivity contribution >= 4 is 22.5 Å². The van der Waals surface area contributed by atoms with Gasteiger partial charge in [-0.3, -0.25) is 4.98 Å². The maximum Gasteiger partial charge on any atom is 0.227 e. The number of pyridine rings is 1. The van der Waals surface area contributed by atoms with Crippen molar-refractivity contribution in [2.24, 2.45) is 5.73 Å². The van der Waals surface area contributed by atoms with Crippen molar-refractivity contribution in [3.05, 3.63) is 83.8 Å². The molecule has 6 heteroatoms. The van der Waals surface area contributed by atoms with E-state index >= 15 is 0 Å². The van der Waals surface area contributed by atoms with Crippen LogP contribution in [0.2, 0.25) is 0 Å². The lowest BCUT2D eigenvalue weighted by Crippen LogP contribution is -2.03. The van der Waals surface area contributed by atoms with E-state index in [2.05, 4.69) is 26.2 Å². The van der Waals surface area contributed by atoms with Gasteiger partial charge in [-0.2, -0.15) is 0 Å². The Kier molecular flexibility index (Phi) is 5.83. The van der Waals surface area contributed by atoms with E-state index in [1.165, 1.54) is 0 Å². The first-order chi connectivity index (χ1) is 14.7. The van der Waals surface area contributed by atoms with E-state index in [1.807, 2.05) is 48.5 Å². The third-order valence-electron chi connectivity index (χ3n) is 4.57. The number of hydrogen-bond donors (Lipinski definition) is 2. The summed E-state index contributed by atoms with van der Waals surface area (Å²) in [4.78, 5) is 13.1. The highest BCUT2D eigenvalue weighted by Crippen LogP contribution is 2.26. The second-order valence-corrected chi connectivity index (χ2v) is 6.76. The zero-order valence-corrected chi connectivity index (χ0v) is 16.4. The molecule has 0 bridgehead atoms. The molecule has 4 aromatic rings. The van der Waals surface area contributed by atoms with Crippen LogP contribution in [-0.2, 0) is 13.0 Å². The molecule has 0 amide bonds. The van der Waals surface area contributed by atoms with E-state index in [0.29, 0.717) is 30.4 Å². The minimum atomic E-state index is 0.373. The van der Waals surface area contributed by atoms with Gasteiger partial charge in [0.2, 0.25) is 5.95 Å². The maximum absolute atomic E-state index is 5.95. The summed E-state index contributed by atoms with van der Waals surface area (Å²) in [5, 5.41) is 4.09. The normalized spacial score (nSPS) is 10.5. The maximum atomic E-state index is 5.95. The van der Waals surface area contributed by atoms with Crippen molar-refractivity contribution < 1.29 is 4.74 Å². The Balaban J connectivity index is 1.60. The topological polar surface area (TPSA) is 86.0 Å². The summed E-state index contributed by atoms with van der Waals surface area (Å²) in [5.74, 6) is 3.77. The highest BCUT2D eigenvalue weighted by Gasteiger charge is 2.09. The molecule has 0 aliphatic rings. The average Bonchev–Trinajstić information content (AvgIpc) is 2.78. The van der Waals surface area contributed by atoms with Gasteiger partial charge < -0.3 is 15.8 Å². The summed E-state index contributed by atoms with van der Waals surface area (Å²) in [5.41, 5.74) is 10.1. The van der Waals surface area contributed by atoms with Crippen LogP contribution in [0.4, 0.5) is 11.6 Å². The second kappa shape index (κ2) is 9.03. The molecule has 0 saturated carbocycles. The molecule has 0 unspecified atom stereocenters. The number of rotatable bonds is 7. The lowest BCUT2D eigenvalue weighted by Gasteiger charge is -2.11. The summed E-state index contributed by atoms with van der Waals surface area (Å²) in [6.07, 6.45) is 11.7. The summed E-state index contributed by atoms with van der Waals surface area (Å²) in [7, 11) is 0. The number of fused-ring (bicyclic) bond motifs is 1. The number of ether oxygens (including phenoxy) is 1. The van der Waals surface area contributed by atoms with Crippen LogP contribution >= 0.6 is 0 Å². The van der Waals surface area contributed by atoms with Crippen molar-refractivity contribution in [3.63, 3.8) is 0 Å². The second-order valence-electron chi connectivity index (χ2n) is 6.76. The first kappa shape index (κ1) is 19.4. The van der Waals surface area contributed by atoms with Crippen LogP contribution in [0.15, 0.2) is 67.1 Å². The Morgan fingerprint density at radius 2 is 1.97 bits per heavy atom. The number of anilines is 2. The first-order valence-electron chi connectivity index (χ1n) is 9.60. The van der Waals surface area contributed by atoms with Gasteiger partial charge in [0, 0.05) is 41.3 Å². The molecular weight excluding hydrogens is 374 g/mol. The summed E-state index contributed by atoms with van der Waals surface area (Å²) >= 11 is 0. The number of nitrogens with two attached hydrogens (primary N) is 1. The Morgan fingerprint density at radius 3 is 2.77 bits per heavy atom. The standard InChI is InChI=1S/C24H21N5O/c1-2-19-12-20-15-27-24(28-21-7-3-5-17(11-21)8-9-25)29-22(20)13-23(19)30-16-18-6-4-10-26-14-18/h1,3-7,10-15H,8-9,16,25H2,(H,27,28,29). The van der Waals surface area contributed by atoms with Gasteiger partial charge in [0.1, 0.15) is 12.4 Å². The third-order valence-corrected chi connectivity index (χ3v) is 4.57. The van der Waals surface area contributed by atoms with Crippen molar-refractivity contribution in [1.29, 1.82) is 0 Å². The highest BCUT2D eigenvalue weighted by atomic mass is 16.5. The van der Waals surface area contributed by atoms with Gasteiger partial charge >= 0.3 is 0 Å². The van der Waals surface area contributed by atoms with Gasteiger partial charge in [0.15, 0.2) is 0 Å². The predicted octanol–water partition coefficient (Wildman–Crippen LogP) is 3.83. The van der Waals surface area contributed by atoms with Crippen LogP contribution in [0.25, 0.3) is 10.9 Å². The fraction of sp³-hybridized carbons (Fsp3) is 0.125. The predicted molar refractivity (Wildman–Crippen MR) is 119 cm³/mol. The SMILES string of the molecule is C#Cc1cc2cnc(Nc3cccc(CCN)c3)nc2cc1OCc1cccnc1. The summed E-state index contributed by atoms with van der Waals surface area (Å²) in [6, 6.07) is 15.6. The molecule has 0 saturated heterocycles. The lowest BCUT2D eigenvalue weighted by atomic mass is 10.1. The molecule has 148 valence electrons. The molecule has 0 spiro atoms. The number of aromatic nitrogens is 3. The van der Waals surface area contributed by atoms with Crippen LogP contribution in [0.5, 0.6) is 5.75 Å². The number of terminal acetylenes is 1. The Morgan fingerprint density at radius 1 is 1.07 bits per heavy atom. The van der Waals surface area contributed by atoms with E-state index in [4.69, 9.17) is 16.9 Å². The molecule has 30 heavy (non-hydrogen) atoms. The number of hydrogen-bond acceptors (Lipinski definition) is 6. The minimum absolute atomic E-state index is 0.373. The molecule has 0 radical (unpaired) electrons. The zero-order chi connectivity index (χ0) is 20.8. The molecule has 6 nitrogen and oxygen atoms in total. The summed E-state index contributed by atoms with van der Waals surface area (Å²) < 4.78 is 5.95. The molecule has 0 aliphatic heterocycles. The Labute approximate surface area is 175 Å². The van der Waals surface area contributed by atoms with E-state index in [1.54, 1.807) is 18.6 Å². The number of nitrogens with zero attached hydrogens (tertiary/aromatic N) is 3. The van der Waals surface area contributed by atoms with Crippen molar-refractivity contribution in [2.75, 3.05) is 11.9 Å². The largest absolute Gasteiger partial charge is 0.487 e. The summed E-state index contributed by atoms with van der Waals surface area (Å²) in [6.45, 7) is 0.980. The molecule has 0 aliphatic carbocycles. The van der Waals surface area contributed by atoms with Crippen LogP contribution in [0.3, 0.4) is 0 Å². The van der Waals surface area contributed by atoms with Crippen molar-refractivity contribution in [2.45, 2.75) is 13.0 Å². The quantitative estimate of drug-likeness (QED) is 0.463. The van der Waals surface area contributed by atoms with E-state index in [9.17, 15) is 0 Å². The monoisotopic (exact) mass is 395 g/mol. The molecular formula is C24H21N5O. The van der Waals surface area contributed by atoms with Gasteiger partial charge in [-0.05, 0) is 42.8 Å². The van der Waals surface area contributed by atoms with Crippen molar-refractivity contribution in [3.8, 4) is 18.1 Å². The van der Waals surface area contributed by atoms with Gasteiger partial charge in [-0.15, -0.1) is 6.42 Å². The number of nitrogens with one attached hydrogen (secondary N) is 1. The van der Waals surface area contributed by atoms with Crippen molar-refractivity contribution in [1.82, 2.24) is 15.0 Å². The van der Waals surface area contributed by atoms with E-state index < -0.39 is 0 Å². The third kappa shape index (κ3) is 4.54. The molecule has 3 N–H and O–H groups in total. The lowest BCUT2D eigenvalue weighted by molar-refractivity contribution is 0.305. The molecule has 0 atom stereocenters.